The first-order valence-corrected chi connectivity index (χ1v) is 9.48. The zero-order valence-corrected chi connectivity index (χ0v) is 15.4. The summed E-state index contributed by atoms with van der Waals surface area (Å²) in [5, 5.41) is 2.83. The summed E-state index contributed by atoms with van der Waals surface area (Å²) in [4.78, 5) is 25.1. The SMILES string of the molecule is O=C(CSc1ccccc1)OCc1ccc(C(=O)Nc2ccccc2)cc1. The monoisotopic (exact) mass is 377 g/mol. The highest BCUT2D eigenvalue weighted by Gasteiger charge is 2.08. The summed E-state index contributed by atoms with van der Waals surface area (Å²) in [7, 11) is 0. The van der Waals surface area contributed by atoms with Crippen LogP contribution in [-0.4, -0.2) is 17.6 Å². The third-order valence-electron chi connectivity index (χ3n) is 3.75. The lowest BCUT2D eigenvalue weighted by Gasteiger charge is -2.07. The van der Waals surface area contributed by atoms with Crippen molar-refractivity contribution in [2.45, 2.75) is 11.5 Å². The number of rotatable bonds is 7. The Morgan fingerprint density at radius 3 is 2.11 bits per heavy atom. The lowest BCUT2D eigenvalue weighted by Crippen LogP contribution is -2.12. The van der Waals surface area contributed by atoms with Crippen molar-refractivity contribution in [1.29, 1.82) is 0 Å². The molecule has 0 bridgehead atoms. The highest BCUT2D eigenvalue weighted by molar-refractivity contribution is 8.00. The number of hydrogen-bond donors (Lipinski definition) is 1. The van der Waals surface area contributed by atoms with E-state index in [1.807, 2.05) is 60.7 Å². The Morgan fingerprint density at radius 2 is 1.44 bits per heavy atom. The Kier molecular flexibility index (Phi) is 6.66. The van der Waals surface area contributed by atoms with Crippen LogP contribution < -0.4 is 5.32 Å². The average molecular weight is 377 g/mol. The molecule has 0 unspecified atom stereocenters. The number of thioether (sulfide) groups is 1. The van der Waals surface area contributed by atoms with Crippen molar-refractivity contribution in [3.05, 3.63) is 96.1 Å². The smallest absolute Gasteiger partial charge is 0.316 e. The number of esters is 1. The molecule has 0 saturated carbocycles. The first-order valence-electron chi connectivity index (χ1n) is 8.49. The Bertz CT molecular complexity index is 880. The van der Waals surface area contributed by atoms with Crippen LogP contribution in [0.3, 0.4) is 0 Å². The van der Waals surface area contributed by atoms with E-state index in [4.69, 9.17) is 4.74 Å². The molecular weight excluding hydrogens is 358 g/mol. The number of ether oxygens (including phenoxy) is 1. The molecule has 0 aromatic heterocycles. The van der Waals surface area contributed by atoms with E-state index in [1.54, 1.807) is 24.3 Å². The van der Waals surface area contributed by atoms with Crippen LogP contribution in [0.4, 0.5) is 5.69 Å². The number of amides is 1. The highest BCUT2D eigenvalue weighted by Crippen LogP contribution is 2.17. The summed E-state index contributed by atoms with van der Waals surface area (Å²) in [5.41, 5.74) is 2.13. The minimum atomic E-state index is -0.269. The second-order valence-electron chi connectivity index (χ2n) is 5.78. The average Bonchev–Trinajstić information content (AvgIpc) is 2.72. The minimum Gasteiger partial charge on any atom is -0.460 e. The number of benzene rings is 3. The Morgan fingerprint density at radius 1 is 0.815 bits per heavy atom. The Labute approximate surface area is 162 Å². The number of para-hydroxylation sites is 1. The van der Waals surface area contributed by atoms with Crippen LogP contribution in [-0.2, 0) is 16.1 Å². The van der Waals surface area contributed by atoms with Gasteiger partial charge >= 0.3 is 5.97 Å². The zero-order chi connectivity index (χ0) is 18.9. The van der Waals surface area contributed by atoms with E-state index >= 15 is 0 Å². The topological polar surface area (TPSA) is 55.4 Å². The van der Waals surface area contributed by atoms with Crippen LogP contribution in [0.2, 0.25) is 0 Å². The van der Waals surface area contributed by atoms with Gasteiger partial charge in [0, 0.05) is 16.1 Å². The summed E-state index contributed by atoms with van der Waals surface area (Å²) >= 11 is 1.44. The third kappa shape index (κ3) is 6.01. The lowest BCUT2D eigenvalue weighted by molar-refractivity contribution is -0.141. The summed E-state index contributed by atoms with van der Waals surface area (Å²) in [6.07, 6.45) is 0. The van der Waals surface area contributed by atoms with Crippen LogP contribution in [0.5, 0.6) is 0 Å². The second-order valence-corrected chi connectivity index (χ2v) is 6.83. The lowest BCUT2D eigenvalue weighted by atomic mass is 10.1. The molecule has 0 aliphatic carbocycles. The summed E-state index contributed by atoms with van der Waals surface area (Å²) < 4.78 is 5.29. The number of anilines is 1. The molecule has 27 heavy (non-hydrogen) atoms. The molecule has 136 valence electrons. The maximum absolute atomic E-state index is 12.2. The predicted octanol–water partition coefficient (Wildman–Crippen LogP) is 4.77. The van der Waals surface area contributed by atoms with Gasteiger partial charge in [-0.2, -0.15) is 0 Å². The quantitative estimate of drug-likeness (QED) is 0.476. The van der Waals surface area contributed by atoms with Gasteiger partial charge in [-0.05, 0) is 42.0 Å². The normalized spacial score (nSPS) is 10.2. The van der Waals surface area contributed by atoms with Crippen LogP contribution >= 0.6 is 11.8 Å². The third-order valence-corrected chi connectivity index (χ3v) is 4.73. The maximum Gasteiger partial charge on any atom is 0.316 e. The van der Waals surface area contributed by atoms with Crippen molar-refractivity contribution in [3.8, 4) is 0 Å². The molecule has 1 N–H and O–H groups in total. The summed E-state index contributed by atoms with van der Waals surface area (Å²) in [5.74, 6) is -0.180. The summed E-state index contributed by atoms with van der Waals surface area (Å²) in [6.45, 7) is 0.189. The van der Waals surface area contributed by atoms with Gasteiger partial charge in [0.15, 0.2) is 0 Å². The van der Waals surface area contributed by atoms with Gasteiger partial charge in [0.2, 0.25) is 0 Å². The van der Waals surface area contributed by atoms with Crippen molar-refractivity contribution < 1.29 is 14.3 Å². The molecule has 0 saturated heterocycles. The molecule has 0 aliphatic rings. The molecular formula is C22H19NO3S. The molecule has 0 radical (unpaired) electrons. The zero-order valence-electron chi connectivity index (χ0n) is 14.6. The fraction of sp³-hybridized carbons (Fsp3) is 0.0909. The number of nitrogens with one attached hydrogen (secondary N) is 1. The Balaban J connectivity index is 1.46. The van der Waals surface area contributed by atoms with Gasteiger partial charge in [-0.1, -0.05) is 48.5 Å². The van der Waals surface area contributed by atoms with E-state index < -0.39 is 0 Å². The van der Waals surface area contributed by atoms with Crippen LogP contribution in [0.15, 0.2) is 89.8 Å². The molecule has 0 fully saturated rings. The van der Waals surface area contributed by atoms with Gasteiger partial charge < -0.3 is 10.1 Å². The van der Waals surface area contributed by atoms with Crippen molar-refractivity contribution in [2.24, 2.45) is 0 Å². The predicted molar refractivity (Wildman–Crippen MR) is 108 cm³/mol. The van der Waals surface area contributed by atoms with E-state index in [9.17, 15) is 9.59 Å². The van der Waals surface area contributed by atoms with Crippen molar-refractivity contribution >= 4 is 29.3 Å². The second kappa shape index (κ2) is 9.59. The van der Waals surface area contributed by atoms with Crippen molar-refractivity contribution in [1.82, 2.24) is 0 Å². The largest absolute Gasteiger partial charge is 0.460 e. The molecule has 3 aromatic carbocycles. The molecule has 5 heteroatoms. The Hall–Kier alpha value is -3.05. The molecule has 0 heterocycles. The first kappa shape index (κ1) is 18.7. The fourth-order valence-corrected chi connectivity index (χ4v) is 3.06. The van der Waals surface area contributed by atoms with E-state index in [0.29, 0.717) is 5.56 Å². The molecule has 4 nitrogen and oxygen atoms in total. The van der Waals surface area contributed by atoms with Gasteiger partial charge in [-0.15, -0.1) is 11.8 Å². The van der Waals surface area contributed by atoms with Gasteiger partial charge in [0.1, 0.15) is 6.61 Å². The van der Waals surface area contributed by atoms with Gasteiger partial charge in [-0.3, -0.25) is 9.59 Å². The number of hydrogen-bond acceptors (Lipinski definition) is 4. The van der Waals surface area contributed by atoms with Gasteiger partial charge in [-0.25, -0.2) is 0 Å². The van der Waals surface area contributed by atoms with Crippen LogP contribution in [0, 0.1) is 0 Å². The van der Waals surface area contributed by atoms with Crippen LogP contribution in [0.1, 0.15) is 15.9 Å². The van der Waals surface area contributed by atoms with E-state index in [1.165, 1.54) is 11.8 Å². The van der Waals surface area contributed by atoms with E-state index in [-0.39, 0.29) is 24.2 Å². The minimum absolute atomic E-state index is 0.177. The van der Waals surface area contributed by atoms with Crippen molar-refractivity contribution in [3.63, 3.8) is 0 Å². The van der Waals surface area contributed by atoms with Crippen molar-refractivity contribution in [2.75, 3.05) is 11.1 Å². The van der Waals surface area contributed by atoms with Crippen LogP contribution in [0.25, 0.3) is 0 Å². The molecule has 0 atom stereocenters. The first-order chi connectivity index (χ1) is 13.2. The highest BCUT2D eigenvalue weighted by atomic mass is 32.2. The molecule has 0 spiro atoms. The molecule has 3 aromatic rings. The number of carbonyl (C=O) groups is 2. The van der Waals surface area contributed by atoms with Gasteiger partial charge in [0.05, 0.1) is 5.75 Å². The molecule has 0 aliphatic heterocycles. The maximum atomic E-state index is 12.2. The standard InChI is InChI=1S/C22H19NO3S/c24-21(16-27-20-9-5-2-6-10-20)26-15-17-11-13-18(14-12-17)22(25)23-19-7-3-1-4-8-19/h1-14H,15-16H2,(H,23,25). The van der Waals surface area contributed by atoms with Gasteiger partial charge in [0.25, 0.3) is 5.91 Å². The molecule has 1 amide bonds. The number of carbonyl (C=O) groups excluding carboxylic acids is 2. The summed E-state index contributed by atoms with van der Waals surface area (Å²) in [6, 6.07) is 26.0. The van der Waals surface area contributed by atoms with E-state index in [0.717, 1.165) is 16.1 Å². The fourth-order valence-electron chi connectivity index (χ4n) is 2.34. The van der Waals surface area contributed by atoms with E-state index in [2.05, 4.69) is 5.32 Å². The molecule has 3 rings (SSSR count).